The molecule has 0 bridgehead atoms. The van der Waals surface area contributed by atoms with Gasteiger partial charge in [0.15, 0.2) is 10.4 Å². The van der Waals surface area contributed by atoms with Crippen LogP contribution >= 0.6 is 15.9 Å². The maximum absolute atomic E-state index is 11.9. The first-order chi connectivity index (χ1) is 11.5. The van der Waals surface area contributed by atoms with Crippen LogP contribution in [0.25, 0.3) is 0 Å². The van der Waals surface area contributed by atoms with Gasteiger partial charge in [-0.1, -0.05) is 30.3 Å². The Kier molecular flexibility index (Phi) is 6.14. The third-order valence-corrected chi connectivity index (χ3v) is 3.55. The van der Waals surface area contributed by atoms with Gasteiger partial charge in [-0.05, 0) is 33.6 Å². The summed E-state index contributed by atoms with van der Waals surface area (Å²) in [5.74, 6) is -2.26. The zero-order valence-corrected chi connectivity index (χ0v) is 14.1. The lowest BCUT2D eigenvalue weighted by molar-refractivity contribution is -0.141. The highest BCUT2D eigenvalue weighted by molar-refractivity contribution is 9.10. The number of carboxylic acid groups (broad SMARTS) is 1. The van der Waals surface area contributed by atoms with Crippen LogP contribution in [0.2, 0.25) is 0 Å². The number of furan rings is 1. The molecule has 0 fully saturated rings. The molecule has 1 unspecified atom stereocenters. The maximum atomic E-state index is 11.9. The molecule has 0 saturated heterocycles. The van der Waals surface area contributed by atoms with E-state index in [1.54, 1.807) is 30.3 Å². The molecule has 8 heteroatoms. The summed E-state index contributed by atoms with van der Waals surface area (Å²) < 4.78 is 5.45. The van der Waals surface area contributed by atoms with Gasteiger partial charge in [-0.3, -0.25) is 9.59 Å². The molecule has 24 heavy (non-hydrogen) atoms. The molecule has 2 rings (SSSR count). The van der Waals surface area contributed by atoms with Gasteiger partial charge < -0.3 is 20.2 Å². The predicted octanol–water partition coefficient (Wildman–Crippen LogP) is 1.58. The molecule has 7 nitrogen and oxygen atoms in total. The van der Waals surface area contributed by atoms with Crippen molar-refractivity contribution in [1.29, 1.82) is 0 Å². The van der Waals surface area contributed by atoms with Crippen LogP contribution in [0.4, 0.5) is 0 Å². The number of carboxylic acids is 1. The molecule has 1 aromatic carbocycles. The summed E-state index contributed by atoms with van der Waals surface area (Å²) >= 11 is 3.07. The second-order valence-electron chi connectivity index (χ2n) is 4.93. The zero-order valence-electron chi connectivity index (χ0n) is 12.5. The highest BCUT2D eigenvalue weighted by atomic mass is 79.9. The van der Waals surface area contributed by atoms with E-state index in [-0.39, 0.29) is 18.7 Å². The molecule has 2 aromatic rings. The lowest BCUT2D eigenvalue weighted by Crippen LogP contribution is -2.46. The van der Waals surface area contributed by atoms with E-state index in [0.29, 0.717) is 4.67 Å². The smallest absolute Gasteiger partial charge is 0.326 e. The third-order valence-electron chi connectivity index (χ3n) is 3.12. The van der Waals surface area contributed by atoms with E-state index >= 15 is 0 Å². The number of rotatable bonds is 7. The number of carbonyl (C=O) groups is 3. The van der Waals surface area contributed by atoms with E-state index < -0.39 is 23.8 Å². The average molecular weight is 395 g/mol. The molecular formula is C16H15BrN2O5. The molecule has 0 aliphatic carbocycles. The number of hydrogen-bond acceptors (Lipinski definition) is 4. The van der Waals surface area contributed by atoms with Crippen molar-refractivity contribution in [2.24, 2.45) is 0 Å². The molecule has 3 N–H and O–H groups in total. The molecule has 0 radical (unpaired) electrons. The third kappa shape index (κ3) is 5.24. The summed E-state index contributed by atoms with van der Waals surface area (Å²) in [6.45, 7) is -0.351. The second-order valence-corrected chi connectivity index (χ2v) is 5.72. The Morgan fingerprint density at radius 1 is 1.12 bits per heavy atom. The molecule has 0 aliphatic heterocycles. The molecule has 0 saturated carbocycles. The zero-order chi connectivity index (χ0) is 17.5. The summed E-state index contributed by atoms with van der Waals surface area (Å²) in [6.07, 6.45) is 0.154. The minimum atomic E-state index is -1.14. The van der Waals surface area contributed by atoms with Gasteiger partial charge in [-0.25, -0.2) is 4.79 Å². The van der Waals surface area contributed by atoms with Gasteiger partial charge in [0.25, 0.3) is 5.91 Å². The largest absolute Gasteiger partial charge is 0.480 e. The van der Waals surface area contributed by atoms with Crippen LogP contribution in [0.15, 0.2) is 51.6 Å². The van der Waals surface area contributed by atoms with E-state index in [9.17, 15) is 19.5 Å². The molecule has 0 aliphatic rings. The van der Waals surface area contributed by atoms with Crippen LogP contribution in [0.3, 0.4) is 0 Å². The minimum Gasteiger partial charge on any atom is -0.480 e. The van der Waals surface area contributed by atoms with Crippen LogP contribution in [0.1, 0.15) is 16.1 Å². The second kappa shape index (κ2) is 8.30. The Morgan fingerprint density at radius 2 is 1.83 bits per heavy atom. The predicted molar refractivity (Wildman–Crippen MR) is 88.5 cm³/mol. The lowest BCUT2D eigenvalue weighted by Gasteiger charge is -2.14. The van der Waals surface area contributed by atoms with Crippen molar-refractivity contribution in [2.45, 2.75) is 12.5 Å². The van der Waals surface area contributed by atoms with Crippen molar-refractivity contribution in [3.63, 3.8) is 0 Å². The van der Waals surface area contributed by atoms with Gasteiger partial charge in [0, 0.05) is 6.42 Å². The Bertz CT molecular complexity index is 729. The highest BCUT2D eigenvalue weighted by Gasteiger charge is 2.21. The quantitative estimate of drug-likeness (QED) is 0.660. The van der Waals surface area contributed by atoms with Gasteiger partial charge >= 0.3 is 5.97 Å². The number of nitrogens with one attached hydrogen (secondary N) is 2. The van der Waals surface area contributed by atoms with Crippen molar-refractivity contribution in [3.05, 3.63) is 58.5 Å². The summed E-state index contributed by atoms with van der Waals surface area (Å²) in [4.78, 5) is 34.9. The first-order valence-electron chi connectivity index (χ1n) is 7.05. The van der Waals surface area contributed by atoms with E-state index in [1.165, 1.54) is 6.07 Å². The number of benzene rings is 1. The minimum absolute atomic E-state index is 0.0498. The number of aliphatic carboxylic acids is 1. The topological polar surface area (TPSA) is 109 Å². The van der Waals surface area contributed by atoms with Crippen LogP contribution in [0, 0.1) is 0 Å². The maximum Gasteiger partial charge on any atom is 0.326 e. The molecular weight excluding hydrogens is 380 g/mol. The van der Waals surface area contributed by atoms with E-state index in [0.717, 1.165) is 5.56 Å². The number of carbonyl (C=O) groups excluding carboxylic acids is 2. The molecule has 1 aromatic heterocycles. The Hall–Kier alpha value is -2.61. The van der Waals surface area contributed by atoms with Crippen molar-refractivity contribution in [2.75, 3.05) is 6.54 Å². The monoisotopic (exact) mass is 394 g/mol. The lowest BCUT2D eigenvalue weighted by atomic mass is 10.1. The number of halogens is 1. The van der Waals surface area contributed by atoms with Crippen molar-refractivity contribution in [1.82, 2.24) is 10.6 Å². The number of amides is 2. The fraction of sp³-hybridized carbons (Fsp3) is 0.188. The van der Waals surface area contributed by atoms with Crippen molar-refractivity contribution in [3.8, 4) is 0 Å². The van der Waals surface area contributed by atoms with Crippen LogP contribution in [-0.2, 0) is 16.0 Å². The van der Waals surface area contributed by atoms with E-state index in [1.807, 2.05) is 6.07 Å². The van der Waals surface area contributed by atoms with Crippen LogP contribution in [-0.4, -0.2) is 35.5 Å². The van der Waals surface area contributed by atoms with Crippen molar-refractivity contribution >= 4 is 33.7 Å². The number of hydrogen-bond donors (Lipinski definition) is 3. The molecule has 1 heterocycles. The van der Waals surface area contributed by atoms with E-state index in [4.69, 9.17) is 4.42 Å². The van der Waals surface area contributed by atoms with Gasteiger partial charge in [0.1, 0.15) is 6.04 Å². The Balaban J connectivity index is 1.86. The molecule has 0 spiro atoms. The normalized spacial score (nSPS) is 11.5. The summed E-state index contributed by atoms with van der Waals surface area (Å²) in [7, 11) is 0. The fourth-order valence-corrected chi connectivity index (χ4v) is 2.29. The van der Waals surface area contributed by atoms with E-state index in [2.05, 4.69) is 26.6 Å². The SMILES string of the molecule is O=C(CNC(=O)c1ccc(Br)o1)NC(Cc1ccccc1)C(=O)O. The van der Waals surface area contributed by atoms with Gasteiger partial charge in [0.2, 0.25) is 5.91 Å². The summed E-state index contributed by atoms with van der Waals surface area (Å²) in [5, 5.41) is 14.0. The van der Waals surface area contributed by atoms with Gasteiger partial charge in [-0.15, -0.1) is 0 Å². The van der Waals surface area contributed by atoms with Gasteiger partial charge in [0.05, 0.1) is 6.54 Å². The Morgan fingerprint density at radius 3 is 2.42 bits per heavy atom. The molecule has 2 amide bonds. The van der Waals surface area contributed by atoms with Crippen LogP contribution in [0.5, 0.6) is 0 Å². The van der Waals surface area contributed by atoms with Crippen LogP contribution < -0.4 is 10.6 Å². The Labute approximate surface area is 146 Å². The van der Waals surface area contributed by atoms with Crippen molar-refractivity contribution < 1.29 is 23.9 Å². The summed E-state index contributed by atoms with van der Waals surface area (Å²) in [6, 6.07) is 10.9. The summed E-state index contributed by atoms with van der Waals surface area (Å²) in [5.41, 5.74) is 0.787. The molecule has 1 atom stereocenters. The molecule has 126 valence electrons. The average Bonchev–Trinajstić information content (AvgIpc) is 2.99. The van der Waals surface area contributed by atoms with Gasteiger partial charge in [-0.2, -0.15) is 0 Å². The standard InChI is InChI=1S/C16H15BrN2O5/c17-13-7-6-12(24-13)15(21)18-9-14(20)19-11(16(22)23)8-10-4-2-1-3-5-10/h1-7,11H,8-9H2,(H,18,21)(H,19,20)(H,22,23). The first-order valence-corrected chi connectivity index (χ1v) is 7.84. The highest BCUT2D eigenvalue weighted by Crippen LogP contribution is 2.13. The fourth-order valence-electron chi connectivity index (χ4n) is 1.98. The first kappa shape index (κ1) is 17.7.